The van der Waals surface area contributed by atoms with E-state index in [0.29, 0.717) is 0 Å². The SMILES string of the molecule is Oc1cc(-n2c3ccccc3c3c(-c4ccccc4)cccc32)cc(-n2c3ccccc3c3c(-c4ccccc4)cccc32)c1. The molecule has 0 saturated heterocycles. The second kappa shape index (κ2) is 10.0. The molecule has 3 heteroatoms. The molecule has 3 nitrogen and oxygen atoms in total. The van der Waals surface area contributed by atoms with E-state index in [0.717, 1.165) is 33.4 Å². The van der Waals surface area contributed by atoms with E-state index in [-0.39, 0.29) is 5.75 Å². The highest BCUT2D eigenvalue weighted by molar-refractivity contribution is 6.17. The van der Waals surface area contributed by atoms with Crippen molar-refractivity contribution in [3.63, 3.8) is 0 Å². The van der Waals surface area contributed by atoms with Gasteiger partial charge >= 0.3 is 0 Å². The summed E-state index contributed by atoms with van der Waals surface area (Å²) in [4.78, 5) is 0. The maximum absolute atomic E-state index is 11.3. The Bertz CT molecular complexity index is 2360. The van der Waals surface area contributed by atoms with Crippen molar-refractivity contribution < 1.29 is 5.11 Å². The van der Waals surface area contributed by atoms with Crippen molar-refractivity contribution in [1.82, 2.24) is 9.13 Å². The maximum atomic E-state index is 11.3. The first-order valence-corrected chi connectivity index (χ1v) is 15.3. The first kappa shape index (κ1) is 25.4. The average molecular weight is 577 g/mol. The molecular formula is C42H28N2O. The molecule has 45 heavy (non-hydrogen) atoms. The molecule has 0 radical (unpaired) electrons. The summed E-state index contributed by atoms with van der Waals surface area (Å²) in [5.74, 6) is 0.220. The average Bonchev–Trinajstić information content (AvgIpc) is 3.62. The summed E-state index contributed by atoms with van der Waals surface area (Å²) in [6, 6.07) is 57.2. The third kappa shape index (κ3) is 3.91. The molecule has 9 aromatic rings. The van der Waals surface area contributed by atoms with Gasteiger partial charge in [-0.2, -0.15) is 0 Å². The number of hydrogen-bond acceptors (Lipinski definition) is 1. The summed E-state index contributed by atoms with van der Waals surface area (Å²) in [6.07, 6.45) is 0. The van der Waals surface area contributed by atoms with E-state index in [1.807, 2.05) is 12.1 Å². The third-order valence-corrected chi connectivity index (χ3v) is 8.97. The molecule has 0 unspecified atom stereocenters. The lowest BCUT2D eigenvalue weighted by Crippen LogP contribution is -1.99. The van der Waals surface area contributed by atoms with Crippen molar-refractivity contribution in [3.8, 4) is 39.4 Å². The first-order chi connectivity index (χ1) is 22.3. The number of hydrogen-bond donors (Lipinski definition) is 1. The van der Waals surface area contributed by atoms with Crippen LogP contribution in [0.15, 0.2) is 164 Å². The number of phenols is 1. The van der Waals surface area contributed by atoms with Gasteiger partial charge in [0, 0.05) is 33.7 Å². The molecule has 0 spiro atoms. The molecule has 9 rings (SSSR count). The molecule has 0 aliphatic carbocycles. The Hall–Kier alpha value is -6.06. The molecule has 0 amide bonds. The lowest BCUT2D eigenvalue weighted by atomic mass is 9.99. The number of nitrogens with zero attached hydrogens (tertiary/aromatic N) is 2. The molecular weight excluding hydrogens is 548 g/mol. The van der Waals surface area contributed by atoms with E-state index in [9.17, 15) is 5.11 Å². The van der Waals surface area contributed by atoms with Gasteiger partial charge in [-0.25, -0.2) is 0 Å². The molecule has 0 saturated carbocycles. The Kier molecular flexibility index (Phi) is 5.66. The fourth-order valence-electron chi connectivity index (χ4n) is 7.15. The maximum Gasteiger partial charge on any atom is 0.119 e. The number of benzene rings is 7. The highest BCUT2D eigenvalue weighted by Gasteiger charge is 2.19. The highest BCUT2D eigenvalue weighted by Crippen LogP contribution is 2.41. The summed E-state index contributed by atoms with van der Waals surface area (Å²) < 4.78 is 4.56. The fourth-order valence-corrected chi connectivity index (χ4v) is 7.15. The zero-order chi connectivity index (χ0) is 29.9. The predicted molar refractivity (Wildman–Crippen MR) is 188 cm³/mol. The van der Waals surface area contributed by atoms with Crippen molar-refractivity contribution in [2.75, 3.05) is 0 Å². The van der Waals surface area contributed by atoms with Gasteiger partial charge in [-0.05, 0) is 52.6 Å². The van der Waals surface area contributed by atoms with E-state index < -0.39 is 0 Å². The quantitative estimate of drug-likeness (QED) is 0.222. The van der Waals surface area contributed by atoms with Gasteiger partial charge in [0.2, 0.25) is 0 Å². The van der Waals surface area contributed by atoms with Gasteiger partial charge in [0.15, 0.2) is 0 Å². The van der Waals surface area contributed by atoms with Crippen LogP contribution in [0.4, 0.5) is 0 Å². The summed E-state index contributed by atoms with van der Waals surface area (Å²) in [6.45, 7) is 0. The van der Waals surface area contributed by atoms with Gasteiger partial charge in [-0.15, -0.1) is 0 Å². The minimum absolute atomic E-state index is 0.220. The smallest absolute Gasteiger partial charge is 0.119 e. The van der Waals surface area contributed by atoms with E-state index in [4.69, 9.17) is 0 Å². The zero-order valence-corrected chi connectivity index (χ0v) is 24.4. The van der Waals surface area contributed by atoms with Crippen LogP contribution in [0.5, 0.6) is 5.75 Å². The summed E-state index contributed by atoms with van der Waals surface area (Å²) in [5, 5.41) is 16.1. The molecule has 2 aromatic heterocycles. The Labute approximate surface area is 260 Å². The van der Waals surface area contributed by atoms with Crippen LogP contribution < -0.4 is 0 Å². The van der Waals surface area contributed by atoms with Crippen LogP contribution in [-0.4, -0.2) is 14.2 Å². The Morgan fingerprint density at radius 1 is 0.356 bits per heavy atom. The fraction of sp³-hybridized carbons (Fsp3) is 0. The normalized spacial score (nSPS) is 11.6. The van der Waals surface area contributed by atoms with Crippen molar-refractivity contribution in [1.29, 1.82) is 0 Å². The van der Waals surface area contributed by atoms with E-state index in [1.165, 1.54) is 43.8 Å². The van der Waals surface area contributed by atoms with Gasteiger partial charge < -0.3 is 14.2 Å². The van der Waals surface area contributed by atoms with Crippen LogP contribution in [0.1, 0.15) is 0 Å². The number of para-hydroxylation sites is 2. The molecule has 212 valence electrons. The topological polar surface area (TPSA) is 30.1 Å². The molecule has 0 aliphatic rings. The molecule has 0 fully saturated rings. The third-order valence-electron chi connectivity index (χ3n) is 8.97. The van der Waals surface area contributed by atoms with Gasteiger partial charge in [0.05, 0.1) is 33.4 Å². The highest BCUT2D eigenvalue weighted by atomic mass is 16.3. The number of aromatic hydroxyl groups is 1. The largest absolute Gasteiger partial charge is 0.508 e. The molecule has 0 atom stereocenters. The molecule has 7 aromatic carbocycles. The lowest BCUT2D eigenvalue weighted by Gasteiger charge is -2.14. The van der Waals surface area contributed by atoms with Crippen molar-refractivity contribution in [3.05, 3.63) is 164 Å². The Morgan fingerprint density at radius 2 is 0.756 bits per heavy atom. The minimum Gasteiger partial charge on any atom is -0.508 e. The number of rotatable bonds is 4. The van der Waals surface area contributed by atoms with Gasteiger partial charge in [-0.1, -0.05) is 121 Å². The first-order valence-electron chi connectivity index (χ1n) is 15.3. The van der Waals surface area contributed by atoms with Crippen LogP contribution in [0.25, 0.3) is 77.2 Å². The van der Waals surface area contributed by atoms with Gasteiger partial charge in [-0.3, -0.25) is 0 Å². The second-order valence-electron chi connectivity index (χ2n) is 11.5. The molecule has 0 bridgehead atoms. The van der Waals surface area contributed by atoms with Crippen molar-refractivity contribution in [2.45, 2.75) is 0 Å². The van der Waals surface area contributed by atoms with Crippen LogP contribution in [0.3, 0.4) is 0 Å². The number of phenolic OH excluding ortho intramolecular Hbond substituents is 1. The number of aromatic nitrogens is 2. The second-order valence-corrected chi connectivity index (χ2v) is 11.5. The standard InChI is InChI=1S/C42H28N2O/c45-32-26-30(43-37-21-9-7-17-35(37)41-33(19-11-23-39(41)43)28-13-3-1-4-14-28)25-31(27-32)44-38-22-10-8-18-36(38)42-34(20-12-24-40(42)44)29-15-5-2-6-16-29/h1-27,45H. The zero-order valence-electron chi connectivity index (χ0n) is 24.4. The van der Waals surface area contributed by atoms with Gasteiger partial charge in [0.1, 0.15) is 5.75 Å². The Morgan fingerprint density at radius 3 is 1.22 bits per heavy atom. The van der Waals surface area contributed by atoms with Crippen LogP contribution in [0.2, 0.25) is 0 Å². The van der Waals surface area contributed by atoms with E-state index in [2.05, 4.69) is 161 Å². The van der Waals surface area contributed by atoms with E-state index in [1.54, 1.807) is 0 Å². The van der Waals surface area contributed by atoms with E-state index >= 15 is 0 Å². The Balaban J connectivity index is 1.34. The molecule has 2 heterocycles. The molecule has 0 aliphatic heterocycles. The van der Waals surface area contributed by atoms with Crippen LogP contribution in [-0.2, 0) is 0 Å². The monoisotopic (exact) mass is 576 g/mol. The number of fused-ring (bicyclic) bond motifs is 6. The van der Waals surface area contributed by atoms with Crippen LogP contribution >= 0.6 is 0 Å². The summed E-state index contributed by atoms with van der Waals surface area (Å²) in [5.41, 5.74) is 11.0. The summed E-state index contributed by atoms with van der Waals surface area (Å²) in [7, 11) is 0. The van der Waals surface area contributed by atoms with Crippen molar-refractivity contribution >= 4 is 43.6 Å². The van der Waals surface area contributed by atoms with Crippen LogP contribution in [0, 0.1) is 0 Å². The van der Waals surface area contributed by atoms with Gasteiger partial charge in [0.25, 0.3) is 0 Å². The summed E-state index contributed by atoms with van der Waals surface area (Å²) >= 11 is 0. The lowest BCUT2D eigenvalue weighted by molar-refractivity contribution is 0.475. The molecule has 1 N–H and O–H groups in total. The predicted octanol–water partition coefficient (Wildman–Crippen LogP) is 10.9. The minimum atomic E-state index is 0.220. The van der Waals surface area contributed by atoms with Crippen molar-refractivity contribution in [2.24, 2.45) is 0 Å².